The zero-order valence-electron chi connectivity index (χ0n) is 17.4. The summed E-state index contributed by atoms with van der Waals surface area (Å²) in [5.74, 6) is -0.813. The van der Waals surface area contributed by atoms with Crippen molar-refractivity contribution in [3.63, 3.8) is 0 Å². The lowest BCUT2D eigenvalue weighted by Gasteiger charge is -2.41. The fourth-order valence-electron chi connectivity index (χ4n) is 4.66. The largest absolute Gasteiger partial charge is 0.292 e. The molecule has 3 aromatic rings. The van der Waals surface area contributed by atoms with Gasteiger partial charge in [-0.1, -0.05) is 84.9 Å². The van der Waals surface area contributed by atoms with Gasteiger partial charge in [-0.25, -0.2) is 0 Å². The number of carbonyl (C=O) groups is 3. The molecule has 2 amide bonds. The number of ketones is 1. The van der Waals surface area contributed by atoms with Gasteiger partial charge in [0.2, 0.25) is 5.91 Å². The zero-order valence-corrected chi connectivity index (χ0v) is 17.4. The highest BCUT2D eigenvalue weighted by molar-refractivity contribution is 6.19. The van der Waals surface area contributed by atoms with E-state index in [2.05, 4.69) is 5.32 Å². The normalized spacial score (nSPS) is 22.8. The smallest absolute Gasteiger partial charge is 0.253 e. The van der Waals surface area contributed by atoms with Gasteiger partial charge in [-0.3, -0.25) is 19.7 Å². The Morgan fingerprint density at radius 2 is 1.19 bits per heavy atom. The van der Waals surface area contributed by atoms with E-state index in [1.165, 1.54) is 0 Å². The van der Waals surface area contributed by atoms with E-state index in [1.807, 2.05) is 91.0 Å². The quantitative estimate of drug-likeness (QED) is 0.483. The van der Waals surface area contributed by atoms with Crippen LogP contribution in [-0.2, 0) is 15.0 Å². The summed E-state index contributed by atoms with van der Waals surface area (Å²) in [6, 6.07) is 26.4. The van der Waals surface area contributed by atoms with Crippen LogP contribution in [0.4, 0.5) is 0 Å². The van der Waals surface area contributed by atoms with E-state index in [4.69, 9.17) is 0 Å². The van der Waals surface area contributed by atoms with Crippen LogP contribution in [0.3, 0.4) is 0 Å². The average Bonchev–Trinajstić information content (AvgIpc) is 2.82. The third kappa shape index (κ3) is 3.40. The molecule has 4 nitrogen and oxygen atoms in total. The number of benzene rings is 3. The number of rotatable bonds is 2. The summed E-state index contributed by atoms with van der Waals surface area (Å²) in [7, 11) is 0. The van der Waals surface area contributed by atoms with E-state index in [0.29, 0.717) is 22.3 Å². The summed E-state index contributed by atoms with van der Waals surface area (Å²) in [5.41, 5.74) is 3.07. The molecule has 1 saturated heterocycles. The second-order valence-corrected chi connectivity index (χ2v) is 8.25. The second-order valence-electron chi connectivity index (χ2n) is 8.25. The van der Waals surface area contributed by atoms with Crippen LogP contribution in [0.2, 0.25) is 0 Å². The average molecular weight is 419 g/mol. The standard InChI is InChI=1S/C28H21NO3/c30-25-21(15-19-9-3-1-4-10-19)17-28(24-14-8-7-13-23(24)25)18-22(26(31)29-27(28)32)16-20-11-5-2-6-12-20/h1-16H,17-18H2,(H,29,31,32)/b21-15+,22-16+/t28-/m0/s1. The first-order valence-corrected chi connectivity index (χ1v) is 10.6. The maximum absolute atomic E-state index is 13.3. The van der Waals surface area contributed by atoms with Crippen molar-refractivity contribution in [2.45, 2.75) is 18.3 Å². The maximum atomic E-state index is 13.3. The molecule has 1 atom stereocenters. The number of hydrogen-bond acceptors (Lipinski definition) is 3. The molecule has 156 valence electrons. The number of nitrogens with one attached hydrogen (secondary N) is 1. The fraction of sp³-hybridized carbons (Fsp3) is 0.107. The lowest BCUT2D eigenvalue weighted by molar-refractivity contribution is -0.135. The monoisotopic (exact) mass is 419 g/mol. The van der Waals surface area contributed by atoms with Gasteiger partial charge in [0.15, 0.2) is 5.78 Å². The molecule has 1 spiro atoms. The summed E-state index contributed by atoms with van der Waals surface area (Å²) in [5, 5.41) is 2.57. The van der Waals surface area contributed by atoms with Crippen LogP contribution in [-0.4, -0.2) is 17.6 Å². The summed E-state index contributed by atoms with van der Waals surface area (Å²) in [4.78, 5) is 39.4. The van der Waals surface area contributed by atoms with Crippen LogP contribution in [0.25, 0.3) is 12.2 Å². The number of allylic oxidation sites excluding steroid dienone is 1. The first kappa shape index (κ1) is 19.9. The minimum atomic E-state index is -1.01. The number of amides is 2. The number of fused-ring (bicyclic) bond motifs is 2. The SMILES string of the molecule is O=C1NC(=O)[C@]2(C/C1=C\c1ccccc1)C/C(=C\c1ccccc1)C(=O)c1ccccc12. The minimum absolute atomic E-state index is 0.0756. The van der Waals surface area contributed by atoms with Gasteiger partial charge in [0, 0.05) is 16.7 Å². The molecule has 2 aliphatic rings. The molecule has 0 bridgehead atoms. The predicted octanol–water partition coefficient (Wildman–Crippen LogP) is 4.72. The Bertz CT molecular complexity index is 1290. The fourth-order valence-corrected chi connectivity index (χ4v) is 4.66. The first-order chi connectivity index (χ1) is 15.6. The molecule has 1 N–H and O–H groups in total. The Kier molecular flexibility index (Phi) is 4.91. The van der Waals surface area contributed by atoms with E-state index in [9.17, 15) is 14.4 Å². The molecule has 4 heteroatoms. The number of piperidine rings is 1. The molecule has 0 aromatic heterocycles. The highest BCUT2D eigenvalue weighted by atomic mass is 16.2. The third-order valence-corrected chi connectivity index (χ3v) is 6.20. The summed E-state index contributed by atoms with van der Waals surface area (Å²) >= 11 is 0. The van der Waals surface area contributed by atoms with E-state index in [0.717, 1.165) is 11.1 Å². The molecular weight excluding hydrogens is 398 g/mol. The van der Waals surface area contributed by atoms with Crippen LogP contribution < -0.4 is 5.32 Å². The van der Waals surface area contributed by atoms with Crippen LogP contribution in [0.1, 0.15) is 39.9 Å². The molecule has 0 saturated carbocycles. The Hall–Kier alpha value is -4.05. The van der Waals surface area contributed by atoms with Crippen LogP contribution in [0.5, 0.6) is 0 Å². The van der Waals surface area contributed by atoms with Gasteiger partial charge >= 0.3 is 0 Å². The maximum Gasteiger partial charge on any atom is 0.253 e. The predicted molar refractivity (Wildman–Crippen MR) is 124 cm³/mol. The lowest BCUT2D eigenvalue weighted by atomic mass is 9.62. The van der Waals surface area contributed by atoms with Crippen LogP contribution in [0.15, 0.2) is 96.1 Å². The number of carbonyl (C=O) groups excluding carboxylic acids is 3. The van der Waals surface area contributed by atoms with Gasteiger partial charge in [0.05, 0.1) is 5.41 Å². The molecule has 0 radical (unpaired) electrons. The molecule has 1 fully saturated rings. The molecule has 1 aliphatic carbocycles. The lowest BCUT2D eigenvalue weighted by Crippen LogP contribution is -2.54. The molecule has 1 heterocycles. The highest BCUT2D eigenvalue weighted by Gasteiger charge is 2.51. The number of hydrogen-bond donors (Lipinski definition) is 1. The minimum Gasteiger partial charge on any atom is -0.292 e. The third-order valence-electron chi connectivity index (χ3n) is 6.20. The van der Waals surface area contributed by atoms with Gasteiger partial charge in [-0.2, -0.15) is 0 Å². The topological polar surface area (TPSA) is 63.2 Å². The van der Waals surface area contributed by atoms with Gasteiger partial charge < -0.3 is 0 Å². The van der Waals surface area contributed by atoms with Crippen molar-refractivity contribution in [3.05, 3.63) is 118 Å². The van der Waals surface area contributed by atoms with Gasteiger partial charge in [-0.05, 0) is 41.7 Å². The molecular formula is C28H21NO3. The molecule has 5 rings (SSSR count). The zero-order chi connectivity index (χ0) is 22.1. The Morgan fingerprint density at radius 1 is 0.656 bits per heavy atom. The van der Waals surface area contributed by atoms with E-state index in [-0.39, 0.29) is 30.4 Å². The van der Waals surface area contributed by atoms with Gasteiger partial charge in [0.1, 0.15) is 0 Å². The van der Waals surface area contributed by atoms with Crippen molar-refractivity contribution in [2.24, 2.45) is 0 Å². The summed E-state index contributed by atoms with van der Waals surface area (Å²) < 4.78 is 0. The number of Topliss-reactive ketones (excluding diaryl/α,β-unsaturated/α-hetero) is 1. The Labute approximate surface area is 186 Å². The highest BCUT2D eigenvalue weighted by Crippen LogP contribution is 2.46. The van der Waals surface area contributed by atoms with Gasteiger partial charge in [-0.15, -0.1) is 0 Å². The van der Waals surface area contributed by atoms with E-state index in [1.54, 1.807) is 6.07 Å². The number of imide groups is 1. The van der Waals surface area contributed by atoms with Crippen molar-refractivity contribution >= 4 is 29.7 Å². The first-order valence-electron chi connectivity index (χ1n) is 10.6. The van der Waals surface area contributed by atoms with E-state index < -0.39 is 5.41 Å². The van der Waals surface area contributed by atoms with E-state index >= 15 is 0 Å². The van der Waals surface area contributed by atoms with Crippen molar-refractivity contribution in [1.82, 2.24) is 5.32 Å². The van der Waals surface area contributed by atoms with Crippen molar-refractivity contribution in [3.8, 4) is 0 Å². The van der Waals surface area contributed by atoms with Crippen molar-refractivity contribution in [2.75, 3.05) is 0 Å². The van der Waals surface area contributed by atoms with Crippen molar-refractivity contribution < 1.29 is 14.4 Å². The molecule has 32 heavy (non-hydrogen) atoms. The molecule has 0 unspecified atom stereocenters. The summed E-state index contributed by atoms with van der Waals surface area (Å²) in [6.45, 7) is 0. The molecule has 3 aromatic carbocycles. The van der Waals surface area contributed by atoms with Crippen LogP contribution >= 0.6 is 0 Å². The summed E-state index contributed by atoms with van der Waals surface area (Å²) in [6.07, 6.45) is 4.15. The Balaban J connectivity index is 1.65. The van der Waals surface area contributed by atoms with Gasteiger partial charge in [0.25, 0.3) is 5.91 Å². The molecule has 1 aliphatic heterocycles. The Morgan fingerprint density at radius 3 is 1.84 bits per heavy atom. The van der Waals surface area contributed by atoms with Crippen molar-refractivity contribution in [1.29, 1.82) is 0 Å². The van der Waals surface area contributed by atoms with Crippen LogP contribution in [0, 0.1) is 0 Å². The second kappa shape index (κ2) is 7.89.